The van der Waals surface area contributed by atoms with E-state index >= 15 is 0 Å². The number of unbranched alkanes of at least 4 members (excludes halogenated alkanes) is 2. The van der Waals surface area contributed by atoms with Gasteiger partial charge in [0, 0.05) is 29.8 Å². The lowest BCUT2D eigenvalue weighted by Crippen LogP contribution is -2.21. The number of rotatable bonds is 6. The quantitative estimate of drug-likeness (QED) is 0.578. The van der Waals surface area contributed by atoms with Crippen LogP contribution < -0.4 is 4.90 Å². The van der Waals surface area contributed by atoms with Gasteiger partial charge < -0.3 is 4.90 Å². The van der Waals surface area contributed by atoms with E-state index < -0.39 is 0 Å². The molecule has 0 saturated carbocycles. The minimum absolute atomic E-state index is 0.500. The molecule has 0 aromatic carbocycles. The van der Waals surface area contributed by atoms with Crippen molar-refractivity contribution in [3.05, 3.63) is 22.3 Å². The van der Waals surface area contributed by atoms with E-state index in [1.807, 2.05) is 12.3 Å². The van der Waals surface area contributed by atoms with Crippen LogP contribution in [0.5, 0.6) is 0 Å². The Morgan fingerprint density at radius 3 is 2.81 bits per heavy atom. The van der Waals surface area contributed by atoms with Crippen molar-refractivity contribution >= 4 is 33.3 Å². The molecule has 0 atom stereocenters. The molecule has 1 heterocycles. The van der Waals surface area contributed by atoms with E-state index in [0.717, 1.165) is 22.4 Å². The van der Waals surface area contributed by atoms with Gasteiger partial charge in [0.1, 0.15) is 5.82 Å². The molecule has 0 saturated heterocycles. The molecule has 0 unspecified atom stereocenters. The molecule has 0 radical (unpaired) electrons. The molecule has 4 heteroatoms. The Balaban J connectivity index is 2.70. The Morgan fingerprint density at radius 2 is 2.19 bits per heavy atom. The maximum absolute atomic E-state index is 5.92. The highest BCUT2D eigenvalue weighted by Gasteiger charge is 2.08. The number of aromatic nitrogens is 1. The first kappa shape index (κ1) is 13.8. The van der Waals surface area contributed by atoms with Gasteiger partial charge in [-0.3, -0.25) is 0 Å². The van der Waals surface area contributed by atoms with E-state index in [9.17, 15) is 0 Å². The number of hydrogen-bond donors (Lipinski definition) is 0. The van der Waals surface area contributed by atoms with Crippen molar-refractivity contribution in [2.75, 3.05) is 18.5 Å². The van der Waals surface area contributed by atoms with Gasteiger partial charge in [0.15, 0.2) is 0 Å². The average molecular weight is 306 g/mol. The number of hydrogen-bond acceptors (Lipinski definition) is 2. The summed E-state index contributed by atoms with van der Waals surface area (Å²) in [6, 6.07) is 2.03. The molecular formula is C12H18BrClN2. The van der Waals surface area contributed by atoms with Crippen LogP contribution in [0.3, 0.4) is 0 Å². The summed E-state index contributed by atoms with van der Waals surface area (Å²) in [5.41, 5.74) is 1.08. The van der Waals surface area contributed by atoms with Gasteiger partial charge in [-0.2, -0.15) is 0 Å². The summed E-state index contributed by atoms with van der Waals surface area (Å²) >= 11 is 9.33. The van der Waals surface area contributed by atoms with Crippen molar-refractivity contribution in [3.8, 4) is 0 Å². The van der Waals surface area contributed by atoms with Crippen molar-refractivity contribution in [1.82, 2.24) is 4.98 Å². The minimum Gasteiger partial charge on any atom is -0.359 e. The normalized spacial score (nSPS) is 10.5. The molecule has 0 N–H and O–H groups in total. The zero-order chi connectivity index (χ0) is 12.0. The summed E-state index contributed by atoms with van der Waals surface area (Å²) in [6.07, 6.45) is 5.52. The highest BCUT2D eigenvalue weighted by Crippen LogP contribution is 2.22. The van der Waals surface area contributed by atoms with Gasteiger partial charge in [0.25, 0.3) is 0 Å². The van der Waals surface area contributed by atoms with E-state index in [1.165, 1.54) is 19.3 Å². The van der Waals surface area contributed by atoms with Crippen LogP contribution in [-0.2, 0) is 5.88 Å². The van der Waals surface area contributed by atoms with E-state index in [4.69, 9.17) is 11.6 Å². The molecule has 0 aliphatic carbocycles. The van der Waals surface area contributed by atoms with Gasteiger partial charge in [0.2, 0.25) is 0 Å². The summed E-state index contributed by atoms with van der Waals surface area (Å²) in [5, 5.41) is 0. The van der Waals surface area contributed by atoms with Gasteiger partial charge in [-0.1, -0.05) is 19.8 Å². The molecule has 2 nitrogen and oxygen atoms in total. The molecule has 0 bridgehead atoms. The third-order valence-corrected chi connectivity index (χ3v) is 3.23. The molecule has 1 aromatic heterocycles. The van der Waals surface area contributed by atoms with Crippen LogP contribution >= 0.6 is 27.5 Å². The predicted molar refractivity (Wildman–Crippen MR) is 74.3 cm³/mol. The van der Waals surface area contributed by atoms with Crippen molar-refractivity contribution in [1.29, 1.82) is 0 Å². The third-order valence-electron chi connectivity index (χ3n) is 2.51. The van der Waals surface area contributed by atoms with Crippen molar-refractivity contribution < 1.29 is 0 Å². The van der Waals surface area contributed by atoms with Crippen LogP contribution in [0.15, 0.2) is 16.7 Å². The van der Waals surface area contributed by atoms with Crippen LogP contribution in [0, 0.1) is 0 Å². The first-order valence-electron chi connectivity index (χ1n) is 5.60. The minimum atomic E-state index is 0.500. The first-order chi connectivity index (χ1) is 7.69. The fraction of sp³-hybridized carbons (Fsp3) is 0.583. The Hall–Kier alpha value is -0.280. The summed E-state index contributed by atoms with van der Waals surface area (Å²) in [6.45, 7) is 3.24. The number of nitrogens with zero attached hydrogens (tertiary/aromatic N) is 2. The summed E-state index contributed by atoms with van der Waals surface area (Å²) < 4.78 is 0.980. The number of anilines is 1. The smallest absolute Gasteiger partial charge is 0.132 e. The molecular weight excluding hydrogens is 288 g/mol. The fourth-order valence-corrected chi connectivity index (χ4v) is 2.20. The summed E-state index contributed by atoms with van der Waals surface area (Å²) in [4.78, 5) is 6.60. The largest absolute Gasteiger partial charge is 0.359 e. The van der Waals surface area contributed by atoms with Gasteiger partial charge in [-0.05, 0) is 28.4 Å². The lowest BCUT2D eigenvalue weighted by Gasteiger charge is -2.20. The second kappa shape index (κ2) is 7.13. The number of pyridine rings is 1. The van der Waals surface area contributed by atoms with Crippen molar-refractivity contribution in [2.45, 2.75) is 32.1 Å². The van der Waals surface area contributed by atoms with Crippen molar-refractivity contribution in [2.24, 2.45) is 0 Å². The van der Waals surface area contributed by atoms with E-state index in [1.54, 1.807) is 0 Å². The van der Waals surface area contributed by atoms with Crippen LogP contribution in [0.25, 0.3) is 0 Å². The lowest BCUT2D eigenvalue weighted by atomic mass is 10.2. The molecule has 1 aromatic rings. The Morgan fingerprint density at radius 1 is 1.44 bits per heavy atom. The molecule has 0 fully saturated rings. The Bertz CT molecular complexity index is 331. The van der Waals surface area contributed by atoms with Gasteiger partial charge in [-0.25, -0.2) is 4.98 Å². The van der Waals surface area contributed by atoms with Gasteiger partial charge in [-0.15, -0.1) is 11.6 Å². The highest BCUT2D eigenvalue weighted by molar-refractivity contribution is 9.10. The van der Waals surface area contributed by atoms with E-state index in [2.05, 4.69) is 39.8 Å². The maximum Gasteiger partial charge on any atom is 0.132 e. The highest BCUT2D eigenvalue weighted by atomic mass is 79.9. The van der Waals surface area contributed by atoms with Crippen LogP contribution in [0.2, 0.25) is 0 Å². The zero-order valence-electron chi connectivity index (χ0n) is 9.84. The Kier molecular flexibility index (Phi) is 6.14. The number of alkyl halides is 1. The van der Waals surface area contributed by atoms with Gasteiger partial charge in [0.05, 0.1) is 5.88 Å². The second-order valence-electron chi connectivity index (χ2n) is 3.90. The second-order valence-corrected chi connectivity index (χ2v) is 5.08. The van der Waals surface area contributed by atoms with Gasteiger partial charge >= 0.3 is 0 Å². The number of halogens is 2. The van der Waals surface area contributed by atoms with Crippen molar-refractivity contribution in [3.63, 3.8) is 0 Å². The first-order valence-corrected chi connectivity index (χ1v) is 6.93. The van der Waals surface area contributed by atoms with Crippen LogP contribution in [0.1, 0.15) is 31.7 Å². The predicted octanol–water partition coefficient (Wildman–Crippen LogP) is 4.21. The Labute approximate surface area is 111 Å². The molecule has 90 valence electrons. The standard InChI is InChI=1S/C12H18BrClN2/c1-3-4-5-6-16(2)12-10(8-14)7-11(13)9-15-12/h7,9H,3-6,8H2,1-2H3. The molecule has 0 amide bonds. The fourth-order valence-electron chi connectivity index (χ4n) is 1.62. The monoisotopic (exact) mass is 304 g/mol. The molecule has 0 aliphatic rings. The van der Waals surface area contributed by atoms with Crippen LogP contribution in [-0.4, -0.2) is 18.6 Å². The summed E-state index contributed by atoms with van der Waals surface area (Å²) in [5.74, 6) is 1.49. The van der Waals surface area contributed by atoms with E-state index in [-0.39, 0.29) is 0 Å². The molecule has 0 aliphatic heterocycles. The SMILES string of the molecule is CCCCCN(C)c1ncc(Br)cc1CCl. The topological polar surface area (TPSA) is 16.1 Å². The molecule has 16 heavy (non-hydrogen) atoms. The third kappa shape index (κ3) is 3.95. The molecule has 1 rings (SSSR count). The van der Waals surface area contributed by atoms with E-state index in [0.29, 0.717) is 5.88 Å². The lowest BCUT2D eigenvalue weighted by molar-refractivity contribution is 0.700. The average Bonchev–Trinajstić information content (AvgIpc) is 2.29. The molecule has 0 spiro atoms. The van der Waals surface area contributed by atoms with Crippen LogP contribution in [0.4, 0.5) is 5.82 Å². The zero-order valence-corrected chi connectivity index (χ0v) is 12.2. The maximum atomic E-state index is 5.92. The summed E-state index contributed by atoms with van der Waals surface area (Å²) in [7, 11) is 2.07.